The lowest BCUT2D eigenvalue weighted by atomic mass is 10.2. The number of nitrogens with zero attached hydrogens (tertiary/aromatic N) is 3. The van der Waals surface area contributed by atoms with Crippen LogP contribution >= 0.6 is 11.6 Å². The predicted molar refractivity (Wildman–Crippen MR) is 71.0 cm³/mol. The van der Waals surface area contributed by atoms with Gasteiger partial charge in [-0.1, -0.05) is 30.3 Å². The van der Waals surface area contributed by atoms with E-state index in [0.29, 0.717) is 31.6 Å². The minimum atomic E-state index is -0.00953. The lowest BCUT2D eigenvalue weighted by molar-refractivity contribution is -0.0934. The van der Waals surface area contributed by atoms with E-state index in [-0.39, 0.29) is 6.10 Å². The van der Waals surface area contributed by atoms with Gasteiger partial charge in [0.25, 0.3) is 0 Å². The van der Waals surface area contributed by atoms with Crippen molar-refractivity contribution in [1.82, 2.24) is 14.8 Å². The van der Waals surface area contributed by atoms with Crippen LogP contribution in [0.2, 0.25) is 5.28 Å². The van der Waals surface area contributed by atoms with Crippen molar-refractivity contribution in [3.63, 3.8) is 0 Å². The molecule has 0 radical (unpaired) electrons. The van der Waals surface area contributed by atoms with Gasteiger partial charge in [-0.05, 0) is 11.6 Å². The fourth-order valence-electron chi connectivity index (χ4n) is 2.09. The van der Waals surface area contributed by atoms with Crippen molar-refractivity contribution >= 4 is 11.6 Å². The van der Waals surface area contributed by atoms with Gasteiger partial charge in [0.1, 0.15) is 0 Å². The summed E-state index contributed by atoms with van der Waals surface area (Å²) in [7, 11) is 0. The minimum absolute atomic E-state index is 0.00953. The average molecular weight is 280 g/mol. The normalized spacial score (nSPS) is 19.5. The molecule has 1 aromatic carbocycles. The quantitative estimate of drug-likeness (QED) is 0.862. The summed E-state index contributed by atoms with van der Waals surface area (Å²) in [6.07, 6.45) is -0.00953. The van der Waals surface area contributed by atoms with Crippen LogP contribution in [0, 0.1) is 0 Å². The first-order valence-corrected chi connectivity index (χ1v) is 6.56. The smallest absolute Gasteiger partial charge is 0.225 e. The summed E-state index contributed by atoms with van der Waals surface area (Å²) < 4.78 is 12.9. The molecule has 2 aromatic rings. The number of benzene rings is 1. The van der Waals surface area contributed by atoms with Crippen molar-refractivity contribution in [3.05, 3.63) is 35.6 Å². The molecule has 0 N–H and O–H groups in total. The lowest BCUT2D eigenvalue weighted by Gasteiger charge is -2.23. The zero-order valence-electron chi connectivity index (χ0n) is 10.3. The van der Waals surface area contributed by atoms with E-state index >= 15 is 0 Å². The monoisotopic (exact) mass is 279 g/mol. The Morgan fingerprint density at radius 1 is 1.21 bits per heavy atom. The van der Waals surface area contributed by atoms with Gasteiger partial charge in [0.2, 0.25) is 5.28 Å². The summed E-state index contributed by atoms with van der Waals surface area (Å²) in [5, 5.41) is 8.45. The third-order valence-corrected chi connectivity index (χ3v) is 3.29. The van der Waals surface area contributed by atoms with Crippen LogP contribution in [-0.4, -0.2) is 40.7 Å². The molecule has 1 aliphatic rings. The van der Waals surface area contributed by atoms with Gasteiger partial charge in [-0.2, -0.15) is 0 Å². The van der Waals surface area contributed by atoms with E-state index in [1.54, 1.807) is 0 Å². The first kappa shape index (κ1) is 12.6. The maximum absolute atomic E-state index is 6.11. The topological polar surface area (TPSA) is 49.2 Å². The molecule has 19 heavy (non-hydrogen) atoms. The van der Waals surface area contributed by atoms with Crippen LogP contribution in [0.1, 0.15) is 0 Å². The molecule has 1 aliphatic heterocycles. The second kappa shape index (κ2) is 5.69. The van der Waals surface area contributed by atoms with Crippen LogP contribution in [0.25, 0.3) is 11.4 Å². The van der Waals surface area contributed by atoms with Gasteiger partial charge in [0.05, 0.1) is 32.5 Å². The highest BCUT2D eigenvalue weighted by molar-refractivity contribution is 6.28. The number of halogens is 1. The number of hydrogen-bond acceptors (Lipinski definition) is 4. The largest absolute Gasteiger partial charge is 0.376 e. The van der Waals surface area contributed by atoms with Crippen LogP contribution in [0.3, 0.4) is 0 Å². The van der Waals surface area contributed by atoms with Crippen LogP contribution < -0.4 is 0 Å². The first-order valence-electron chi connectivity index (χ1n) is 6.18. The van der Waals surface area contributed by atoms with E-state index < -0.39 is 0 Å². The van der Waals surface area contributed by atoms with Crippen LogP contribution in [0.5, 0.6) is 0 Å². The third kappa shape index (κ3) is 2.78. The molecule has 6 heteroatoms. The second-order valence-electron chi connectivity index (χ2n) is 4.34. The Morgan fingerprint density at radius 3 is 2.79 bits per heavy atom. The highest BCUT2D eigenvalue weighted by atomic mass is 35.5. The summed E-state index contributed by atoms with van der Waals surface area (Å²) in [6, 6.07) is 9.85. The lowest BCUT2D eigenvalue weighted by Crippen LogP contribution is -2.32. The van der Waals surface area contributed by atoms with Gasteiger partial charge in [-0.3, -0.25) is 4.57 Å². The fourth-order valence-corrected chi connectivity index (χ4v) is 2.28. The van der Waals surface area contributed by atoms with Gasteiger partial charge in [-0.25, -0.2) is 0 Å². The maximum atomic E-state index is 6.11. The molecule has 1 saturated heterocycles. The third-order valence-electron chi connectivity index (χ3n) is 3.01. The molecular weight excluding hydrogens is 266 g/mol. The van der Waals surface area contributed by atoms with Gasteiger partial charge in [0.15, 0.2) is 5.82 Å². The molecule has 3 rings (SSSR count). The van der Waals surface area contributed by atoms with Crippen molar-refractivity contribution in [2.24, 2.45) is 0 Å². The summed E-state index contributed by atoms with van der Waals surface area (Å²) in [6.45, 7) is 2.43. The van der Waals surface area contributed by atoms with E-state index in [1.165, 1.54) is 0 Å². The molecule has 1 atom stereocenters. The zero-order valence-corrected chi connectivity index (χ0v) is 11.1. The van der Waals surface area contributed by atoms with Gasteiger partial charge in [-0.15, -0.1) is 10.2 Å². The van der Waals surface area contributed by atoms with Crippen molar-refractivity contribution < 1.29 is 9.47 Å². The Bertz CT molecular complexity index is 538. The second-order valence-corrected chi connectivity index (χ2v) is 4.68. The van der Waals surface area contributed by atoms with Gasteiger partial charge >= 0.3 is 0 Å². The van der Waals surface area contributed by atoms with Crippen LogP contribution in [0.15, 0.2) is 30.3 Å². The first-order chi connectivity index (χ1) is 9.34. The SMILES string of the molecule is Clc1nnc(-c2ccccc2)n1CC1COCCO1. The Balaban J connectivity index is 1.86. The van der Waals surface area contributed by atoms with Crippen molar-refractivity contribution in [3.8, 4) is 11.4 Å². The molecule has 1 unspecified atom stereocenters. The van der Waals surface area contributed by atoms with Crippen LogP contribution in [0.4, 0.5) is 0 Å². The Morgan fingerprint density at radius 2 is 2.05 bits per heavy atom. The average Bonchev–Trinajstić information content (AvgIpc) is 2.82. The summed E-state index contributed by atoms with van der Waals surface area (Å²) in [4.78, 5) is 0. The standard InChI is InChI=1S/C13H14ClN3O2/c14-13-16-15-12(10-4-2-1-3-5-10)17(13)8-11-9-18-6-7-19-11/h1-5,11H,6-9H2. The predicted octanol–water partition coefficient (Wildman–Crippen LogP) is 2.01. The van der Waals surface area contributed by atoms with Gasteiger partial charge in [0, 0.05) is 5.56 Å². The summed E-state index contributed by atoms with van der Waals surface area (Å²) >= 11 is 6.11. The highest BCUT2D eigenvalue weighted by Crippen LogP contribution is 2.21. The van der Waals surface area contributed by atoms with E-state index in [4.69, 9.17) is 21.1 Å². The molecule has 0 aliphatic carbocycles. The molecular formula is C13H14ClN3O2. The van der Waals surface area contributed by atoms with E-state index in [1.807, 2.05) is 34.9 Å². The zero-order chi connectivity index (χ0) is 13.1. The van der Waals surface area contributed by atoms with E-state index in [9.17, 15) is 0 Å². The minimum Gasteiger partial charge on any atom is -0.376 e. The van der Waals surface area contributed by atoms with E-state index in [2.05, 4.69) is 10.2 Å². The molecule has 1 fully saturated rings. The summed E-state index contributed by atoms with van der Waals surface area (Å²) in [5.41, 5.74) is 0.985. The molecule has 0 spiro atoms. The molecule has 100 valence electrons. The molecule has 0 saturated carbocycles. The number of rotatable bonds is 3. The summed E-state index contributed by atoms with van der Waals surface area (Å²) in [5.74, 6) is 0.750. The fraction of sp³-hybridized carbons (Fsp3) is 0.385. The molecule has 0 amide bonds. The van der Waals surface area contributed by atoms with Crippen LogP contribution in [-0.2, 0) is 16.0 Å². The molecule has 2 heterocycles. The Labute approximate surface area is 116 Å². The molecule has 0 bridgehead atoms. The molecule has 5 nitrogen and oxygen atoms in total. The van der Waals surface area contributed by atoms with Crippen molar-refractivity contribution in [2.45, 2.75) is 12.6 Å². The van der Waals surface area contributed by atoms with Crippen molar-refractivity contribution in [1.29, 1.82) is 0 Å². The molecule has 1 aromatic heterocycles. The number of ether oxygens (including phenoxy) is 2. The Kier molecular flexibility index (Phi) is 3.77. The van der Waals surface area contributed by atoms with Crippen molar-refractivity contribution in [2.75, 3.05) is 19.8 Å². The number of aromatic nitrogens is 3. The maximum Gasteiger partial charge on any atom is 0.225 e. The van der Waals surface area contributed by atoms with Gasteiger partial charge < -0.3 is 9.47 Å². The number of hydrogen-bond donors (Lipinski definition) is 0. The van der Waals surface area contributed by atoms with E-state index in [0.717, 1.165) is 11.4 Å². The highest BCUT2D eigenvalue weighted by Gasteiger charge is 2.19. The Hall–Kier alpha value is -1.43.